The number of carboxylic acid groups (broad SMARTS) is 1. The van der Waals surface area contributed by atoms with Crippen molar-refractivity contribution in [3.8, 4) is 5.75 Å². The molecule has 4 rings (SSSR count). The van der Waals surface area contributed by atoms with Gasteiger partial charge in [-0.2, -0.15) is 0 Å². The summed E-state index contributed by atoms with van der Waals surface area (Å²) in [4.78, 5) is 11.3. The van der Waals surface area contributed by atoms with Crippen molar-refractivity contribution in [3.63, 3.8) is 0 Å². The third kappa shape index (κ3) is 3.00. The second-order valence-electron chi connectivity index (χ2n) is 8.00. The van der Waals surface area contributed by atoms with Gasteiger partial charge in [0.25, 0.3) is 0 Å². The third-order valence-corrected chi connectivity index (χ3v) is 5.94. The third-order valence-electron chi connectivity index (χ3n) is 5.94. The van der Waals surface area contributed by atoms with Crippen LogP contribution in [0.2, 0.25) is 0 Å². The minimum atomic E-state index is -0.987. The average molecular weight is 370 g/mol. The highest BCUT2D eigenvalue weighted by molar-refractivity contribution is 5.88. The highest BCUT2D eigenvalue weighted by Gasteiger charge is 2.50. The number of halogens is 1. The van der Waals surface area contributed by atoms with E-state index in [-0.39, 0.29) is 35.4 Å². The molecule has 4 nitrogen and oxygen atoms in total. The molecule has 1 saturated heterocycles. The molecule has 0 radical (unpaired) electrons. The van der Waals surface area contributed by atoms with E-state index < -0.39 is 11.6 Å². The largest absolute Gasteiger partial charge is 0.487 e. The predicted octanol–water partition coefficient (Wildman–Crippen LogP) is 4.94. The molecule has 2 aromatic rings. The van der Waals surface area contributed by atoms with E-state index >= 15 is 0 Å². The van der Waals surface area contributed by atoms with Gasteiger partial charge >= 0.3 is 5.97 Å². The first kappa shape index (κ1) is 18.0. The van der Waals surface area contributed by atoms with Crippen LogP contribution in [0, 0.1) is 11.7 Å². The number of hydrogen-bond acceptors (Lipinski definition) is 3. The van der Waals surface area contributed by atoms with E-state index in [1.165, 1.54) is 6.07 Å². The van der Waals surface area contributed by atoms with Crippen molar-refractivity contribution in [1.29, 1.82) is 0 Å². The molecular formula is C22H23FO4. The van der Waals surface area contributed by atoms with Gasteiger partial charge in [0.2, 0.25) is 0 Å². The van der Waals surface area contributed by atoms with E-state index in [1.54, 1.807) is 24.3 Å². The molecule has 0 saturated carbocycles. The van der Waals surface area contributed by atoms with Gasteiger partial charge < -0.3 is 14.6 Å². The molecule has 1 fully saturated rings. The Bertz CT molecular complexity index is 892. The molecule has 4 atom stereocenters. The van der Waals surface area contributed by atoms with E-state index in [0.717, 1.165) is 12.0 Å². The Morgan fingerprint density at radius 1 is 1.19 bits per heavy atom. The Hall–Kier alpha value is -2.40. The van der Waals surface area contributed by atoms with Gasteiger partial charge in [-0.3, -0.25) is 0 Å². The quantitative estimate of drug-likeness (QED) is 0.813. The zero-order chi connectivity index (χ0) is 19.3. The fourth-order valence-corrected chi connectivity index (χ4v) is 4.45. The number of ether oxygens (including phenoxy) is 2. The Morgan fingerprint density at radius 2 is 1.93 bits per heavy atom. The topological polar surface area (TPSA) is 55.8 Å². The summed E-state index contributed by atoms with van der Waals surface area (Å²) >= 11 is 0. The highest BCUT2D eigenvalue weighted by Crippen LogP contribution is 2.53. The summed E-state index contributed by atoms with van der Waals surface area (Å²) in [7, 11) is 0. The van der Waals surface area contributed by atoms with Gasteiger partial charge in [0.05, 0.1) is 17.8 Å². The first-order valence-corrected chi connectivity index (χ1v) is 9.24. The summed E-state index contributed by atoms with van der Waals surface area (Å²) in [5.74, 6) is -0.675. The second-order valence-corrected chi connectivity index (χ2v) is 8.00. The zero-order valence-electron chi connectivity index (χ0n) is 15.6. The van der Waals surface area contributed by atoms with Gasteiger partial charge in [0.15, 0.2) is 0 Å². The lowest BCUT2D eigenvalue weighted by molar-refractivity contribution is -0.153. The fourth-order valence-electron chi connectivity index (χ4n) is 4.45. The number of benzene rings is 2. The minimum Gasteiger partial charge on any atom is -0.487 e. The van der Waals surface area contributed by atoms with Crippen LogP contribution in [-0.4, -0.2) is 22.8 Å². The van der Waals surface area contributed by atoms with Gasteiger partial charge in [0.1, 0.15) is 17.2 Å². The summed E-state index contributed by atoms with van der Waals surface area (Å²) in [6, 6.07) is 11.8. The molecule has 0 aliphatic carbocycles. The van der Waals surface area contributed by atoms with Gasteiger partial charge in [-0.15, -0.1) is 0 Å². The second kappa shape index (κ2) is 6.34. The lowest BCUT2D eigenvalue weighted by Crippen LogP contribution is -2.50. The first-order chi connectivity index (χ1) is 12.8. The minimum absolute atomic E-state index is 0.0292. The number of fused-ring (bicyclic) bond motifs is 3. The molecule has 2 aliphatic rings. The molecule has 0 aromatic heterocycles. The van der Waals surface area contributed by atoms with Crippen molar-refractivity contribution in [2.75, 3.05) is 0 Å². The lowest BCUT2D eigenvalue weighted by Gasteiger charge is -2.50. The van der Waals surface area contributed by atoms with Crippen LogP contribution in [0.5, 0.6) is 5.75 Å². The summed E-state index contributed by atoms with van der Waals surface area (Å²) in [5, 5.41) is 9.26. The van der Waals surface area contributed by atoms with Crippen LogP contribution < -0.4 is 4.74 Å². The molecule has 0 bridgehead atoms. The van der Waals surface area contributed by atoms with E-state index in [0.29, 0.717) is 11.3 Å². The molecule has 5 heteroatoms. The van der Waals surface area contributed by atoms with Gasteiger partial charge in [-0.1, -0.05) is 24.3 Å². The molecule has 27 heavy (non-hydrogen) atoms. The number of aromatic carboxylic acids is 1. The van der Waals surface area contributed by atoms with E-state index in [4.69, 9.17) is 9.47 Å². The average Bonchev–Trinajstić information content (AvgIpc) is 2.61. The summed E-state index contributed by atoms with van der Waals surface area (Å²) in [6.07, 6.45) is 0.369. The van der Waals surface area contributed by atoms with E-state index in [2.05, 4.69) is 0 Å². The van der Waals surface area contributed by atoms with Crippen molar-refractivity contribution in [2.24, 2.45) is 5.92 Å². The maximum atomic E-state index is 14.4. The number of carboxylic acids is 1. The number of hydrogen-bond donors (Lipinski definition) is 1. The highest BCUT2D eigenvalue weighted by atomic mass is 19.1. The Balaban J connectivity index is 1.72. The summed E-state index contributed by atoms with van der Waals surface area (Å²) in [6.45, 7) is 5.94. The molecule has 0 amide bonds. The van der Waals surface area contributed by atoms with Crippen molar-refractivity contribution in [1.82, 2.24) is 0 Å². The SMILES string of the molecule is C[C@H]1O[C@@H]2c3ccc(C(=O)O)cc3OC(C)(C)[C@H]2C[C@@H]1c1ccccc1F. The lowest BCUT2D eigenvalue weighted by atomic mass is 9.70. The smallest absolute Gasteiger partial charge is 0.335 e. The maximum Gasteiger partial charge on any atom is 0.335 e. The Labute approximate surface area is 157 Å². The van der Waals surface area contributed by atoms with Crippen LogP contribution >= 0.6 is 0 Å². The van der Waals surface area contributed by atoms with Crippen LogP contribution in [0.4, 0.5) is 4.39 Å². The molecule has 0 spiro atoms. The predicted molar refractivity (Wildman–Crippen MR) is 98.6 cm³/mol. The number of rotatable bonds is 2. The van der Waals surface area contributed by atoms with Crippen molar-refractivity contribution in [2.45, 2.75) is 50.9 Å². The van der Waals surface area contributed by atoms with Crippen molar-refractivity contribution in [3.05, 3.63) is 65.0 Å². The monoisotopic (exact) mass is 370 g/mol. The first-order valence-electron chi connectivity index (χ1n) is 9.24. The van der Waals surface area contributed by atoms with Crippen LogP contribution in [0.25, 0.3) is 0 Å². The normalized spacial score (nSPS) is 28.6. The molecule has 1 N–H and O–H groups in total. The standard InChI is InChI=1S/C22H23FO4/c1-12-16(14-6-4-5-7-18(14)23)11-17-20(26-12)15-9-8-13(21(24)25)10-19(15)27-22(17,2)3/h4-10,12,16-17,20H,11H2,1-3H3,(H,24,25)/t12-,16+,17+,20-/m1/s1. The van der Waals surface area contributed by atoms with Crippen LogP contribution in [-0.2, 0) is 4.74 Å². The molecule has 0 unspecified atom stereocenters. The molecular weight excluding hydrogens is 347 g/mol. The Kier molecular flexibility index (Phi) is 4.22. The molecule has 2 aromatic carbocycles. The van der Waals surface area contributed by atoms with Crippen LogP contribution in [0.15, 0.2) is 42.5 Å². The zero-order valence-corrected chi connectivity index (χ0v) is 15.6. The van der Waals surface area contributed by atoms with Gasteiger partial charge in [-0.25, -0.2) is 9.18 Å². The van der Waals surface area contributed by atoms with Gasteiger partial charge in [0, 0.05) is 17.4 Å². The Morgan fingerprint density at radius 3 is 2.63 bits per heavy atom. The number of carbonyl (C=O) groups is 1. The summed E-state index contributed by atoms with van der Waals surface area (Å²) < 4.78 is 27.0. The molecule has 2 heterocycles. The fraction of sp³-hybridized carbons (Fsp3) is 0.409. The maximum absolute atomic E-state index is 14.4. The van der Waals surface area contributed by atoms with Crippen LogP contribution in [0.1, 0.15) is 60.7 Å². The van der Waals surface area contributed by atoms with E-state index in [9.17, 15) is 14.3 Å². The van der Waals surface area contributed by atoms with Gasteiger partial charge in [-0.05, 0) is 51.0 Å². The van der Waals surface area contributed by atoms with Crippen molar-refractivity contribution >= 4 is 5.97 Å². The summed E-state index contributed by atoms with van der Waals surface area (Å²) in [5.41, 5.74) is 1.17. The van der Waals surface area contributed by atoms with Crippen molar-refractivity contribution < 1.29 is 23.8 Å². The van der Waals surface area contributed by atoms with Crippen LogP contribution in [0.3, 0.4) is 0 Å². The molecule has 142 valence electrons. The molecule has 2 aliphatic heterocycles. The van der Waals surface area contributed by atoms with E-state index in [1.807, 2.05) is 32.9 Å².